The maximum absolute atomic E-state index is 11.3. The van der Waals surface area contributed by atoms with Crippen LogP contribution in [-0.2, 0) is 9.84 Å². The Bertz CT molecular complexity index is 527. The predicted octanol–water partition coefficient (Wildman–Crippen LogP) is 0.830. The van der Waals surface area contributed by atoms with Gasteiger partial charge in [-0.2, -0.15) is 0 Å². The first-order valence-corrected chi connectivity index (χ1v) is 7.00. The Kier molecular flexibility index (Phi) is 3.01. The van der Waals surface area contributed by atoms with E-state index in [4.69, 9.17) is 0 Å². The van der Waals surface area contributed by atoms with Crippen molar-refractivity contribution < 1.29 is 13.3 Å². The molecule has 1 fully saturated rings. The number of sulfone groups is 1. The van der Waals surface area contributed by atoms with Gasteiger partial charge in [-0.05, 0) is 6.07 Å². The fourth-order valence-electron chi connectivity index (χ4n) is 1.84. The van der Waals surface area contributed by atoms with Gasteiger partial charge >= 0.3 is 0 Å². The van der Waals surface area contributed by atoms with E-state index in [-0.39, 0.29) is 17.2 Å². The van der Waals surface area contributed by atoms with E-state index in [1.807, 2.05) is 0 Å². The maximum Gasteiger partial charge on any atom is 0.292 e. The number of nitrogens with zero attached hydrogens (tertiary/aromatic N) is 2. The van der Waals surface area contributed by atoms with E-state index in [0.717, 1.165) is 0 Å². The van der Waals surface area contributed by atoms with Gasteiger partial charge in [-0.1, -0.05) is 12.1 Å². The molecule has 0 radical (unpaired) electrons. The van der Waals surface area contributed by atoms with E-state index in [9.17, 15) is 18.5 Å². The third kappa shape index (κ3) is 2.55. The van der Waals surface area contributed by atoms with Gasteiger partial charge in [0, 0.05) is 19.2 Å². The molecule has 0 bridgehead atoms. The first-order valence-electron chi connectivity index (χ1n) is 5.18. The molecule has 0 saturated carbocycles. The molecule has 0 spiro atoms. The summed E-state index contributed by atoms with van der Waals surface area (Å²) in [6, 6.07) is 6.39. The molecule has 1 aromatic rings. The number of rotatable bonds is 2. The topological polar surface area (TPSA) is 80.5 Å². The van der Waals surface area contributed by atoms with Crippen LogP contribution in [0.1, 0.15) is 0 Å². The minimum Gasteiger partial charge on any atom is -0.364 e. The summed E-state index contributed by atoms with van der Waals surface area (Å²) in [5.74, 6) is 0.109. The molecule has 0 aliphatic carbocycles. The number of nitro benzene ring substituents is 1. The summed E-state index contributed by atoms with van der Waals surface area (Å²) in [5, 5.41) is 10.9. The summed E-state index contributed by atoms with van der Waals surface area (Å²) in [6.45, 7) is 0.625. The zero-order chi connectivity index (χ0) is 12.5. The van der Waals surface area contributed by atoms with Gasteiger partial charge in [0.2, 0.25) is 0 Å². The van der Waals surface area contributed by atoms with Gasteiger partial charge in [0.25, 0.3) is 5.69 Å². The second kappa shape index (κ2) is 4.33. The van der Waals surface area contributed by atoms with E-state index in [0.29, 0.717) is 18.8 Å². The van der Waals surface area contributed by atoms with Gasteiger partial charge in [-0.3, -0.25) is 10.1 Å². The standard InChI is InChI=1S/C10H12N2O4S/c13-12(14)10-4-2-1-3-9(10)11-5-7-17(15,16)8-6-11/h1-4H,5-8H2. The molecule has 17 heavy (non-hydrogen) atoms. The fourth-order valence-corrected chi connectivity index (χ4v) is 3.04. The van der Waals surface area contributed by atoms with Crippen molar-refractivity contribution in [2.75, 3.05) is 29.5 Å². The van der Waals surface area contributed by atoms with Crippen LogP contribution < -0.4 is 4.90 Å². The van der Waals surface area contributed by atoms with Crippen molar-refractivity contribution in [3.05, 3.63) is 34.4 Å². The SMILES string of the molecule is O=[N+]([O-])c1ccccc1N1CCS(=O)(=O)CC1. The van der Waals surface area contributed by atoms with Crippen molar-refractivity contribution in [1.82, 2.24) is 0 Å². The van der Waals surface area contributed by atoms with E-state index in [1.54, 1.807) is 23.1 Å². The quantitative estimate of drug-likeness (QED) is 0.578. The zero-order valence-corrected chi connectivity index (χ0v) is 9.89. The van der Waals surface area contributed by atoms with E-state index in [2.05, 4.69) is 0 Å². The van der Waals surface area contributed by atoms with Crippen LogP contribution in [0.25, 0.3) is 0 Å². The normalized spacial score (nSPS) is 18.9. The fraction of sp³-hybridized carbons (Fsp3) is 0.400. The lowest BCUT2D eigenvalue weighted by molar-refractivity contribution is -0.384. The van der Waals surface area contributed by atoms with Crippen LogP contribution in [0.3, 0.4) is 0 Å². The number of benzene rings is 1. The molecule has 0 aromatic heterocycles. The smallest absolute Gasteiger partial charge is 0.292 e. The van der Waals surface area contributed by atoms with Crippen LogP contribution in [0, 0.1) is 10.1 Å². The molecule has 0 atom stereocenters. The third-order valence-corrected chi connectivity index (χ3v) is 4.37. The molecule has 0 unspecified atom stereocenters. The number of nitro groups is 1. The highest BCUT2D eigenvalue weighted by molar-refractivity contribution is 7.91. The van der Waals surface area contributed by atoms with Gasteiger partial charge in [0.05, 0.1) is 16.4 Å². The Morgan fingerprint density at radius 2 is 1.76 bits per heavy atom. The van der Waals surface area contributed by atoms with Crippen molar-refractivity contribution in [3.63, 3.8) is 0 Å². The van der Waals surface area contributed by atoms with E-state index < -0.39 is 14.8 Å². The molecule has 1 aromatic carbocycles. The van der Waals surface area contributed by atoms with Crippen molar-refractivity contribution in [1.29, 1.82) is 0 Å². The Hall–Kier alpha value is -1.63. The summed E-state index contributed by atoms with van der Waals surface area (Å²) in [5.41, 5.74) is 0.513. The molecule has 2 rings (SSSR count). The van der Waals surface area contributed by atoms with Crippen molar-refractivity contribution in [2.24, 2.45) is 0 Å². The van der Waals surface area contributed by atoms with Gasteiger partial charge in [0.1, 0.15) is 5.69 Å². The van der Waals surface area contributed by atoms with Crippen LogP contribution in [0.5, 0.6) is 0 Å². The third-order valence-electron chi connectivity index (χ3n) is 2.76. The summed E-state index contributed by atoms with van der Waals surface area (Å²) in [7, 11) is -2.97. The predicted molar refractivity (Wildman–Crippen MR) is 64.0 cm³/mol. The molecular weight excluding hydrogens is 244 g/mol. The average Bonchev–Trinajstić information content (AvgIpc) is 2.29. The lowest BCUT2D eigenvalue weighted by atomic mass is 10.2. The average molecular weight is 256 g/mol. The van der Waals surface area contributed by atoms with Crippen molar-refractivity contribution >= 4 is 21.2 Å². The molecule has 1 aliphatic rings. The minimum absolute atomic E-state index is 0.0202. The summed E-state index contributed by atoms with van der Waals surface area (Å²) in [4.78, 5) is 12.2. The second-order valence-corrected chi connectivity index (χ2v) is 6.19. The van der Waals surface area contributed by atoms with Gasteiger partial charge in [-0.15, -0.1) is 0 Å². The molecule has 7 heteroatoms. The molecule has 0 amide bonds. The van der Waals surface area contributed by atoms with Crippen molar-refractivity contribution in [3.8, 4) is 0 Å². The molecule has 92 valence electrons. The molecular formula is C10H12N2O4S. The van der Waals surface area contributed by atoms with Crippen LogP contribution in [0.2, 0.25) is 0 Å². The molecule has 6 nitrogen and oxygen atoms in total. The number of hydrogen-bond acceptors (Lipinski definition) is 5. The van der Waals surface area contributed by atoms with Crippen molar-refractivity contribution in [2.45, 2.75) is 0 Å². The largest absolute Gasteiger partial charge is 0.364 e. The summed E-state index contributed by atoms with van der Waals surface area (Å²) in [6.07, 6.45) is 0. The Morgan fingerprint density at radius 1 is 1.18 bits per heavy atom. The van der Waals surface area contributed by atoms with Gasteiger partial charge in [0.15, 0.2) is 9.84 Å². The zero-order valence-electron chi connectivity index (χ0n) is 9.07. The highest BCUT2D eigenvalue weighted by Crippen LogP contribution is 2.28. The van der Waals surface area contributed by atoms with Crippen LogP contribution >= 0.6 is 0 Å². The maximum atomic E-state index is 11.3. The molecule has 0 N–H and O–H groups in total. The molecule has 1 saturated heterocycles. The lowest BCUT2D eigenvalue weighted by Gasteiger charge is -2.28. The minimum atomic E-state index is -2.97. The molecule has 1 aliphatic heterocycles. The Morgan fingerprint density at radius 3 is 2.35 bits per heavy atom. The molecule has 1 heterocycles. The first-order chi connectivity index (χ1) is 7.99. The first kappa shape index (κ1) is 11.8. The van der Waals surface area contributed by atoms with Gasteiger partial charge < -0.3 is 4.90 Å². The highest BCUT2D eigenvalue weighted by atomic mass is 32.2. The highest BCUT2D eigenvalue weighted by Gasteiger charge is 2.25. The van der Waals surface area contributed by atoms with Crippen LogP contribution in [0.15, 0.2) is 24.3 Å². The van der Waals surface area contributed by atoms with E-state index >= 15 is 0 Å². The second-order valence-electron chi connectivity index (χ2n) is 3.88. The van der Waals surface area contributed by atoms with Crippen LogP contribution in [-0.4, -0.2) is 37.9 Å². The summed E-state index contributed by atoms with van der Waals surface area (Å²) < 4.78 is 22.6. The van der Waals surface area contributed by atoms with E-state index in [1.165, 1.54) is 6.07 Å². The number of anilines is 1. The Balaban J connectivity index is 2.27. The number of para-hydroxylation sites is 2. The monoisotopic (exact) mass is 256 g/mol. The number of hydrogen-bond donors (Lipinski definition) is 0. The Labute approximate surface area is 98.9 Å². The summed E-state index contributed by atoms with van der Waals surface area (Å²) >= 11 is 0. The lowest BCUT2D eigenvalue weighted by Crippen LogP contribution is -2.40. The van der Waals surface area contributed by atoms with Gasteiger partial charge in [-0.25, -0.2) is 8.42 Å². The van der Waals surface area contributed by atoms with Crippen LogP contribution in [0.4, 0.5) is 11.4 Å².